The Labute approximate surface area is 121 Å². The number of fused-ring (bicyclic) bond motifs is 1. The number of hydrogen-bond donors (Lipinski definition) is 2. The highest BCUT2D eigenvalue weighted by molar-refractivity contribution is 6.32. The smallest absolute Gasteiger partial charge is 0.239 e. The van der Waals surface area contributed by atoms with Crippen molar-refractivity contribution in [2.45, 2.75) is 6.54 Å². The average Bonchev–Trinajstić information content (AvgIpc) is 2.70. The first-order chi connectivity index (χ1) is 9.78. The van der Waals surface area contributed by atoms with Gasteiger partial charge in [0.05, 0.1) is 12.7 Å². The summed E-state index contributed by atoms with van der Waals surface area (Å²) in [4.78, 5) is 10.4. The Morgan fingerprint density at radius 1 is 1.35 bits per heavy atom. The third kappa shape index (κ3) is 2.48. The van der Waals surface area contributed by atoms with Crippen molar-refractivity contribution in [2.75, 3.05) is 23.5 Å². The Hall–Kier alpha value is -2.05. The number of halogens is 1. The van der Waals surface area contributed by atoms with Gasteiger partial charge in [0.15, 0.2) is 5.82 Å². The van der Waals surface area contributed by atoms with Gasteiger partial charge in [0.25, 0.3) is 0 Å². The minimum absolute atomic E-state index is 0.336. The van der Waals surface area contributed by atoms with Crippen molar-refractivity contribution in [3.05, 3.63) is 41.0 Å². The molecule has 0 radical (unpaired) electrons. The van der Waals surface area contributed by atoms with Crippen LogP contribution in [0.1, 0.15) is 5.56 Å². The Morgan fingerprint density at radius 2 is 2.20 bits per heavy atom. The second kappa shape index (κ2) is 5.52. The number of hydrogen-bond acceptors (Lipinski definition) is 6. The molecule has 2 heterocycles. The van der Waals surface area contributed by atoms with Crippen molar-refractivity contribution in [3.8, 4) is 5.75 Å². The van der Waals surface area contributed by atoms with Crippen LogP contribution in [0.3, 0.4) is 0 Å². The van der Waals surface area contributed by atoms with Crippen molar-refractivity contribution in [1.29, 1.82) is 0 Å². The van der Waals surface area contributed by atoms with Gasteiger partial charge >= 0.3 is 0 Å². The molecule has 0 unspecified atom stereocenters. The van der Waals surface area contributed by atoms with Crippen LogP contribution in [0.15, 0.2) is 30.5 Å². The molecule has 20 heavy (non-hydrogen) atoms. The zero-order valence-corrected chi connectivity index (χ0v) is 11.5. The quantitative estimate of drug-likeness (QED) is 0.649. The van der Waals surface area contributed by atoms with Gasteiger partial charge in [0.2, 0.25) is 5.95 Å². The molecule has 0 saturated carbocycles. The van der Waals surface area contributed by atoms with E-state index in [2.05, 4.69) is 20.3 Å². The maximum Gasteiger partial charge on any atom is 0.239 e. The minimum atomic E-state index is 0.336. The average molecular weight is 292 g/mol. The fraction of sp³-hybridized carbons (Fsp3) is 0.231. The van der Waals surface area contributed by atoms with E-state index in [0.717, 1.165) is 11.3 Å². The van der Waals surface area contributed by atoms with Crippen LogP contribution in [0.4, 0.5) is 11.8 Å². The Morgan fingerprint density at radius 3 is 3.05 bits per heavy atom. The van der Waals surface area contributed by atoms with Crippen LogP contribution in [0, 0.1) is 0 Å². The fourth-order valence-corrected chi connectivity index (χ4v) is 2.37. The lowest BCUT2D eigenvalue weighted by Crippen LogP contribution is -2.27. The fourth-order valence-electron chi connectivity index (χ4n) is 2.16. The van der Waals surface area contributed by atoms with E-state index in [9.17, 15) is 0 Å². The van der Waals surface area contributed by atoms with Gasteiger partial charge in [-0.05, 0) is 6.07 Å². The minimum Gasteiger partial charge on any atom is -0.491 e. The number of benzene rings is 1. The number of nitrogen functional groups attached to an aromatic ring is 1. The van der Waals surface area contributed by atoms with E-state index >= 15 is 0 Å². The van der Waals surface area contributed by atoms with E-state index in [1.54, 1.807) is 0 Å². The molecule has 2 aromatic rings. The number of nitrogens with two attached hydrogens (primary N) is 1. The van der Waals surface area contributed by atoms with Gasteiger partial charge in [-0.25, -0.2) is 10.8 Å². The molecule has 0 atom stereocenters. The summed E-state index contributed by atoms with van der Waals surface area (Å²) in [6, 6.07) is 7.95. The van der Waals surface area contributed by atoms with Crippen molar-refractivity contribution in [2.24, 2.45) is 5.84 Å². The molecule has 0 saturated heterocycles. The van der Waals surface area contributed by atoms with Crippen LogP contribution in [0.2, 0.25) is 5.02 Å². The second-order valence-corrected chi connectivity index (χ2v) is 4.79. The zero-order chi connectivity index (χ0) is 13.9. The number of para-hydroxylation sites is 1. The summed E-state index contributed by atoms with van der Waals surface area (Å²) in [5, 5.41) is 0.489. The standard InChI is InChI=1S/C13H14ClN5O/c14-10-7-16-13(18-15)17-12(10)19-5-6-20-11-4-2-1-3-9(11)8-19/h1-4,7H,5-6,8,15H2,(H,16,17,18). The second-order valence-electron chi connectivity index (χ2n) is 4.39. The van der Waals surface area contributed by atoms with E-state index in [-0.39, 0.29) is 0 Å². The number of aromatic nitrogens is 2. The number of ether oxygens (including phenoxy) is 1. The Balaban J connectivity index is 1.95. The molecule has 0 aliphatic carbocycles. The predicted octanol–water partition coefficient (Wildman–Crippen LogP) is 1.81. The number of nitrogens with zero attached hydrogens (tertiary/aromatic N) is 3. The van der Waals surface area contributed by atoms with Gasteiger partial charge in [-0.2, -0.15) is 4.98 Å². The summed E-state index contributed by atoms with van der Waals surface area (Å²) in [7, 11) is 0. The largest absolute Gasteiger partial charge is 0.491 e. The molecule has 0 fully saturated rings. The SMILES string of the molecule is NNc1ncc(Cl)c(N2CCOc3ccccc3C2)n1. The molecule has 6 nitrogen and oxygen atoms in total. The molecule has 3 N–H and O–H groups in total. The first kappa shape index (κ1) is 13.0. The molecule has 104 valence electrons. The first-order valence-electron chi connectivity index (χ1n) is 6.23. The molecule has 0 bridgehead atoms. The maximum atomic E-state index is 6.19. The lowest BCUT2D eigenvalue weighted by Gasteiger charge is -2.22. The summed E-state index contributed by atoms with van der Waals surface area (Å²) < 4.78 is 5.73. The molecule has 1 aromatic heterocycles. The normalized spacial score (nSPS) is 14.2. The summed E-state index contributed by atoms with van der Waals surface area (Å²) >= 11 is 6.19. The highest BCUT2D eigenvalue weighted by Gasteiger charge is 2.19. The highest BCUT2D eigenvalue weighted by atomic mass is 35.5. The third-order valence-electron chi connectivity index (χ3n) is 3.11. The molecule has 0 spiro atoms. The van der Waals surface area contributed by atoms with Gasteiger partial charge in [0, 0.05) is 12.1 Å². The van der Waals surface area contributed by atoms with Gasteiger partial charge in [-0.15, -0.1) is 0 Å². The van der Waals surface area contributed by atoms with Gasteiger partial charge in [-0.3, -0.25) is 5.43 Å². The summed E-state index contributed by atoms with van der Waals surface area (Å²) in [6.45, 7) is 1.94. The van der Waals surface area contributed by atoms with Crippen LogP contribution in [-0.2, 0) is 6.54 Å². The molecule has 1 aromatic carbocycles. The number of rotatable bonds is 2. The van der Waals surface area contributed by atoms with Crippen molar-refractivity contribution in [1.82, 2.24) is 9.97 Å². The summed E-state index contributed by atoms with van der Waals surface area (Å²) in [5.41, 5.74) is 3.53. The molecular weight excluding hydrogens is 278 g/mol. The number of hydrazine groups is 1. The summed E-state index contributed by atoms with van der Waals surface area (Å²) in [5.74, 6) is 7.23. The van der Waals surface area contributed by atoms with Crippen LogP contribution in [-0.4, -0.2) is 23.1 Å². The Kier molecular flexibility index (Phi) is 3.58. The predicted molar refractivity (Wildman–Crippen MR) is 77.8 cm³/mol. The molecular formula is C13H14ClN5O. The zero-order valence-electron chi connectivity index (χ0n) is 10.7. The molecule has 1 aliphatic heterocycles. The summed E-state index contributed by atoms with van der Waals surface area (Å²) in [6.07, 6.45) is 1.54. The maximum absolute atomic E-state index is 6.19. The highest BCUT2D eigenvalue weighted by Crippen LogP contribution is 2.29. The van der Waals surface area contributed by atoms with E-state index in [0.29, 0.717) is 36.5 Å². The van der Waals surface area contributed by atoms with E-state index in [1.165, 1.54) is 6.20 Å². The van der Waals surface area contributed by atoms with Crippen molar-refractivity contribution in [3.63, 3.8) is 0 Å². The van der Waals surface area contributed by atoms with Crippen molar-refractivity contribution >= 4 is 23.4 Å². The van der Waals surface area contributed by atoms with Crippen LogP contribution >= 0.6 is 11.6 Å². The molecule has 3 rings (SSSR count). The third-order valence-corrected chi connectivity index (χ3v) is 3.37. The van der Waals surface area contributed by atoms with Crippen LogP contribution < -0.4 is 20.9 Å². The molecule has 1 aliphatic rings. The van der Waals surface area contributed by atoms with Crippen molar-refractivity contribution < 1.29 is 4.74 Å². The van der Waals surface area contributed by atoms with E-state index in [1.807, 2.05) is 24.3 Å². The molecule has 7 heteroatoms. The van der Waals surface area contributed by atoms with Crippen LogP contribution in [0.5, 0.6) is 5.75 Å². The van der Waals surface area contributed by atoms with Gasteiger partial charge in [0.1, 0.15) is 17.4 Å². The Bertz CT molecular complexity index is 621. The number of nitrogens with one attached hydrogen (secondary N) is 1. The van der Waals surface area contributed by atoms with Gasteiger partial charge in [-0.1, -0.05) is 29.8 Å². The lowest BCUT2D eigenvalue weighted by molar-refractivity contribution is 0.331. The lowest BCUT2D eigenvalue weighted by atomic mass is 10.2. The first-order valence-corrected chi connectivity index (χ1v) is 6.60. The van der Waals surface area contributed by atoms with E-state index < -0.39 is 0 Å². The number of anilines is 2. The van der Waals surface area contributed by atoms with E-state index in [4.69, 9.17) is 22.2 Å². The topological polar surface area (TPSA) is 76.3 Å². The monoisotopic (exact) mass is 291 g/mol. The molecule has 0 amide bonds. The van der Waals surface area contributed by atoms with Gasteiger partial charge < -0.3 is 9.64 Å². The van der Waals surface area contributed by atoms with Crippen LogP contribution in [0.25, 0.3) is 0 Å².